The van der Waals surface area contributed by atoms with Gasteiger partial charge in [0.2, 0.25) is 0 Å². The Balaban J connectivity index is 2.67. The fourth-order valence-corrected chi connectivity index (χ4v) is 1.90. The Kier molecular flexibility index (Phi) is 4.92. The highest BCUT2D eigenvalue weighted by molar-refractivity contribution is 9.10. The summed E-state index contributed by atoms with van der Waals surface area (Å²) in [5, 5.41) is 21.4. The highest BCUT2D eigenvalue weighted by Gasteiger charge is 2.21. The van der Waals surface area contributed by atoms with Crippen LogP contribution in [0, 0.1) is 6.92 Å². The SMILES string of the molecule is Cc1ccc(CNC(C)(CO)CO)c(Br)c1. The van der Waals surface area contributed by atoms with Crippen LogP contribution in [0.5, 0.6) is 0 Å². The predicted molar refractivity (Wildman–Crippen MR) is 68.3 cm³/mol. The predicted octanol–water partition coefficient (Wildman–Crippen LogP) is 1.59. The van der Waals surface area contributed by atoms with Gasteiger partial charge in [-0.2, -0.15) is 0 Å². The van der Waals surface area contributed by atoms with Crippen molar-refractivity contribution in [1.29, 1.82) is 0 Å². The smallest absolute Gasteiger partial charge is 0.0633 e. The standard InChI is InChI=1S/C12H18BrNO2/c1-9-3-4-10(11(13)5-9)6-14-12(2,7-15)8-16/h3-5,14-16H,6-8H2,1-2H3. The lowest BCUT2D eigenvalue weighted by molar-refractivity contribution is 0.103. The van der Waals surface area contributed by atoms with Crippen molar-refractivity contribution < 1.29 is 10.2 Å². The van der Waals surface area contributed by atoms with Gasteiger partial charge in [-0.1, -0.05) is 28.1 Å². The van der Waals surface area contributed by atoms with E-state index in [0.717, 1.165) is 10.0 Å². The number of hydrogen-bond donors (Lipinski definition) is 3. The van der Waals surface area contributed by atoms with Gasteiger partial charge in [0.15, 0.2) is 0 Å². The number of rotatable bonds is 5. The van der Waals surface area contributed by atoms with Gasteiger partial charge in [-0.15, -0.1) is 0 Å². The van der Waals surface area contributed by atoms with Crippen molar-refractivity contribution in [1.82, 2.24) is 5.32 Å². The molecule has 3 nitrogen and oxygen atoms in total. The molecule has 0 amide bonds. The third-order valence-corrected chi connectivity index (χ3v) is 3.35. The lowest BCUT2D eigenvalue weighted by Crippen LogP contribution is -2.48. The van der Waals surface area contributed by atoms with Crippen LogP contribution in [0.2, 0.25) is 0 Å². The topological polar surface area (TPSA) is 52.5 Å². The molecule has 1 aromatic carbocycles. The van der Waals surface area contributed by atoms with E-state index in [1.807, 2.05) is 25.1 Å². The van der Waals surface area contributed by atoms with E-state index < -0.39 is 5.54 Å². The number of halogens is 1. The van der Waals surface area contributed by atoms with Crippen molar-refractivity contribution in [3.8, 4) is 0 Å². The van der Waals surface area contributed by atoms with Crippen LogP contribution >= 0.6 is 15.9 Å². The van der Waals surface area contributed by atoms with Gasteiger partial charge in [0.25, 0.3) is 0 Å². The van der Waals surface area contributed by atoms with Crippen molar-refractivity contribution in [3.05, 3.63) is 33.8 Å². The summed E-state index contributed by atoms with van der Waals surface area (Å²) in [6.07, 6.45) is 0. The molecule has 0 fully saturated rings. The van der Waals surface area contributed by atoms with Crippen LogP contribution in [0.15, 0.2) is 22.7 Å². The van der Waals surface area contributed by atoms with Crippen molar-refractivity contribution in [2.24, 2.45) is 0 Å². The number of hydrogen-bond acceptors (Lipinski definition) is 3. The minimum atomic E-state index is -0.635. The molecule has 0 saturated heterocycles. The van der Waals surface area contributed by atoms with Gasteiger partial charge >= 0.3 is 0 Å². The minimum Gasteiger partial charge on any atom is -0.394 e. The van der Waals surface area contributed by atoms with E-state index in [9.17, 15) is 0 Å². The van der Waals surface area contributed by atoms with Crippen LogP contribution in [-0.4, -0.2) is 29.0 Å². The molecule has 0 aromatic heterocycles. The Morgan fingerprint density at radius 1 is 1.31 bits per heavy atom. The first-order valence-electron chi connectivity index (χ1n) is 5.22. The normalized spacial score (nSPS) is 11.8. The van der Waals surface area contributed by atoms with Gasteiger partial charge in [0.05, 0.1) is 18.8 Å². The summed E-state index contributed by atoms with van der Waals surface area (Å²) in [7, 11) is 0. The van der Waals surface area contributed by atoms with Gasteiger partial charge in [-0.05, 0) is 31.0 Å². The molecule has 0 atom stereocenters. The van der Waals surface area contributed by atoms with Crippen LogP contribution in [0.25, 0.3) is 0 Å². The van der Waals surface area contributed by atoms with Crippen molar-refractivity contribution in [3.63, 3.8) is 0 Å². The summed E-state index contributed by atoms with van der Waals surface area (Å²) in [4.78, 5) is 0. The molecule has 1 aromatic rings. The minimum absolute atomic E-state index is 0.0903. The van der Waals surface area contributed by atoms with Crippen molar-refractivity contribution in [2.45, 2.75) is 25.9 Å². The molecular weight excluding hydrogens is 270 g/mol. The summed E-state index contributed by atoms with van der Waals surface area (Å²) < 4.78 is 1.04. The lowest BCUT2D eigenvalue weighted by Gasteiger charge is -2.26. The molecule has 0 aliphatic carbocycles. The number of aliphatic hydroxyl groups is 2. The highest BCUT2D eigenvalue weighted by Crippen LogP contribution is 2.18. The quantitative estimate of drug-likeness (QED) is 0.771. The molecule has 0 aliphatic heterocycles. The third kappa shape index (κ3) is 3.56. The summed E-state index contributed by atoms with van der Waals surface area (Å²) in [6, 6.07) is 6.12. The lowest BCUT2D eigenvalue weighted by atomic mass is 10.0. The second-order valence-corrected chi connectivity index (χ2v) is 5.18. The van der Waals surface area contributed by atoms with Crippen molar-refractivity contribution in [2.75, 3.05) is 13.2 Å². The van der Waals surface area contributed by atoms with E-state index in [0.29, 0.717) is 6.54 Å². The van der Waals surface area contributed by atoms with Crippen LogP contribution < -0.4 is 5.32 Å². The molecule has 0 unspecified atom stereocenters. The first-order chi connectivity index (χ1) is 7.50. The molecule has 90 valence electrons. The molecule has 0 heterocycles. The van der Waals surface area contributed by atoms with Crippen LogP contribution in [0.1, 0.15) is 18.1 Å². The highest BCUT2D eigenvalue weighted by atomic mass is 79.9. The second kappa shape index (κ2) is 5.77. The Morgan fingerprint density at radius 2 is 1.94 bits per heavy atom. The number of nitrogens with one attached hydrogen (secondary N) is 1. The molecule has 4 heteroatoms. The monoisotopic (exact) mass is 287 g/mol. The van der Waals surface area contributed by atoms with Gasteiger partial charge in [-0.25, -0.2) is 0 Å². The van der Waals surface area contributed by atoms with E-state index in [2.05, 4.69) is 21.2 Å². The second-order valence-electron chi connectivity index (χ2n) is 4.33. The maximum Gasteiger partial charge on any atom is 0.0633 e. The molecule has 0 bridgehead atoms. The first-order valence-corrected chi connectivity index (χ1v) is 6.02. The average molecular weight is 288 g/mol. The molecule has 1 rings (SSSR count). The zero-order chi connectivity index (χ0) is 12.2. The number of aryl methyl sites for hydroxylation is 1. The van der Waals surface area contributed by atoms with E-state index in [1.165, 1.54) is 5.56 Å². The number of benzene rings is 1. The van der Waals surface area contributed by atoms with Gasteiger partial charge in [0, 0.05) is 11.0 Å². The maximum absolute atomic E-state index is 9.14. The van der Waals surface area contributed by atoms with E-state index in [4.69, 9.17) is 10.2 Å². The maximum atomic E-state index is 9.14. The summed E-state index contributed by atoms with van der Waals surface area (Å²) in [5.74, 6) is 0. The Hall–Kier alpha value is -0.420. The van der Waals surface area contributed by atoms with Gasteiger partial charge in [0.1, 0.15) is 0 Å². The molecular formula is C12H18BrNO2. The fourth-order valence-electron chi connectivity index (χ4n) is 1.27. The average Bonchev–Trinajstić information content (AvgIpc) is 2.27. The third-order valence-electron chi connectivity index (χ3n) is 2.61. The zero-order valence-electron chi connectivity index (χ0n) is 9.63. The van der Waals surface area contributed by atoms with Crippen LogP contribution in [-0.2, 0) is 6.54 Å². The molecule has 0 radical (unpaired) electrons. The van der Waals surface area contributed by atoms with Crippen molar-refractivity contribution >= 4 is 15.9 Å². The van der Waals surface area contributed by atoms with E-state index in [-0.39, 0.29) is 13.2 Å². The zero-order valence-corrected chi connectivity index (χ0v) is 11.2. The summed E-state index contributed by atoms with van der Waals surface area (Å²) in [5.41, 5.74) is 1.67. The largest absolute Gasteiger partial charge is 0.394 e. The van der Waals surface area contributed by atoms with Gasteiger partial charge < -0.3 is 15.5 Å². The van der Waals surface area contributed by atoms with Gasteiger partial charge in [-0.3, -0.25) is 0 Å². The summed E-state index contributed by atoms with van der Waals surface area (Å²) >= 11 is 3.49. The van der Waals surface area contributed by atoms with Crippen LogP contribution in [0.3, 0.4) is 0 Å². The Morgan fingerprint density at radius 3 is 2.44 bits per heavy atom. The van der Waals surface area contributed by atoms with E-state index >= 15 is 0 Å². The summed E-state index contributed by atoms with van der Waals surface area (Å²) in [6.45, 7) is 4.25. The molecule has 0 aliphatic rings. The van der Waals surface area contributed by atoms with Crippen LogP contribution in [0.4, 0.5) is 0 Å². The fraction of sp³-hybridized carbons (Fsp3) is 0.500. The molecule has 0 saturated carbocycles. The molecule has 3 N–H and O–H groups in total. The first kappa shape index (κ1) is 13.6. The number of aliphatic hydroxyl groups excluding tert-OH is 2. The molecule has 16 heavy (non-hydrogen) atoms. The Labute approximate surface area is 105 Å². The Bertz CT molecular complexity index is 351. The van der Waals surface area contributed by atoms with E-state index in [1.54, 1.807) is 6.92 Å². The molecule has 0 spiro atoms.